The average molecular weight is 284 g/mol. The van der Waals surface area contributed by atoms with Gasteiger partial charge in [0, 0.05) is 24.7 Å². The molecule has 102 valence electrons. The molecule has 0 bridgehead atoms. The van der Waals surface area contributed by atoms with E-state index < -0.39 is 12.2 Å². The molecule has 1 unspecified atom stereocenters. The fourth-order valence-corrected chi connectivity index (χ4v) is 2.29. The number of aromatic nitrogens is 1. The lowest BCUT2D eigenvalue weighted by molar-refractivity contribution is 0.163. The monoisotopic (exact) mass is 283 g/mol. The molecule has 1 amide bonds. The molecule has 6 nitrogen and oxygen atoms in total. The third kappa shape index (κ3) is 2.81. The maximum atomic E-state index is 10.7. The van der Waals surface area contributed by atoms with Crippen molar-refractivity contribution < 1.29 is 15.0 Å². The summed E-state index contributed by atoms with van der Waals surface area (Å²) in [4.78, 5) is 10.7. The maximum absolute atomic E-state index is 10.7. The molecule has 19 heavy (non-hydrogen) atoms. The van der Waals surface area contributed by atoms with E-state index in [0.29, 0.717) is 22.6 Å². The van der Waals surface area contributed by atoms with Crippen molar-refractivity contribution in [3.8, 4) is 0 Å². The van der Waals surface area contributed by atoms with Crippen LogP contribution in [0.5, 0.6) is 0 Å². The Morgan fingerprint density at radius 1 is 1.53 bits per heavy atom. The van der Waals surface area contributed by atoms with E-state index in [9.17, 15) is 9.90 Å². The maximum Gasteiger partial charge on any atom is 0.409 e. The van der Waals surface area contributed by atoms with E-state index in [0.717, 1.165) is 5.52 Å². The number of aliphatic hydroxyl groups is 1. The standard InChI is InChI=1S/C12H14ClN3O3/c13-8-6-16(5-7(17)4-14)10-3-1-2-9(11(8)10)15-12(18)19/h1-3,6-7,15,17H,4-5,14H2,(H,18,19). The number of anilines is 1. The summed E-state index contributed by atoms with van der Waals surface area (Å²) in [5.41, 5.74) is 6.53. The number of fused-ring (bicyclic) bond motifs is 1. The summed E-state index contributed by atoms with van der Waals surface area (Å²) in [6, 6.07) is 5.15. The zero-order chi connectivity index (χ0) is 14.0. The van der Waals surface area contributed by atoms with E-state index in [2.05, 4.69) is 5.32 Å². The number of carboxylic acid groups (broad SMARTS) is 1. The molecule has 0 aliphatic carbocycles. The highest BCUT2D eigenvalue weighted by molar-refractivity contribution is 6.37. The average Bonchev–Trinajstić information content (AvgIpc) is 2.66. The Morgan fingerprint density at radius 3 is 2.89 bits per heavy atom. The molecular formula is C12H14ClN3O3. The van der Waals surface area contributed by atoms with Crippen molar-refractivity contribution in [3.05, 3.63) is 29.4 Å². The van der Waals surface area contributed by atoms with Crippen molar-refractivity contribution in [2.75, 3.05) is 11.9 Å². The lowest BCUT2D eigenvalue weighted by Crippen LogP contribution is -2.24. The van der Waals surface area contributed by atoms with Crippen LogP contribution in [-0.4, -0.2) is 33.5 Å². The van der Waals surface area contributed by atoms with Gasteiger partial charge in [0.05, 0.1) is 22.3 Å². The van der Waals surface area contributed by atoms with Gasteiger partial charge in [-0.15, -0.1) is 0 Å². The van der Waals surface area contributed by atoms with E-state index in [-0.39, 0.29) is 6.54 Å². The van der Waals surface area contributed by atoms with E-state index in [1.165, 1.54) is 0 Å². The number of halogens is 1. The largest absolute Gasteiger partial charge is 0.465 e. The first-order valence-corrected chi connectivity index (χ1v) is 6.06. The Morgan fingerprint density at radius 2 is 2.26 bits per heavy atom. The molecule has 5 N–H and O–H groups in total. The molecule has 0 aliphatic rings. The predicted octanol–water partition coefficient (Wildman–Crippen LogP) is 1.70. The van der Waals surface area contributed by atoms with Crippen LogP contribution >= 0.6 is 11.6 Å². The molecule has 2 aromatic rings. The molecule has 0 fully saturated rings. The minimum absolute atomic E-state index is 0.143. The summed E-state index contributed by atoms with van der Waals surface area (Å²) < 4.78 is 1.75. The number of nitrogens with zero attached hydrogens (tertiary/aromatic N) is 1. The van der Waals surface area contributed by atoms with E-state index in [1.54, 1.807) is 29.0 Å². The van der Waals surface area contributed by atoms with E-state index in [4.69, 9.17) is 22.4 Å². The second-order valence-electron chi connectivity index (χ2n) is 4.15. The molecule has 7 heteroatoms. The summed E-state index contributed by atoms with van der Waals surface area (Å²) in [6.45, 7) is 0.445. The predicted molar refractivity (Wildman–Crippen MR) is 73.7 cm³/mol. The SMILES string of the molecule is NCC(O)Cn1cc(Cl)c2c(NC(=O)O)cccc21. The molecular weight excluding hydrogens is 270 g/mol. The van der Waals surface area contributed by atoms with Gasteiger partial charge in [-0.2, -0.15) is 0 Å². The molecule has 1 heterocycles. The quantitative estimate of drug-likeness (QED) is 0.686. The minimum Gasteiger partial charge on any atom is -0.465 e. The normalized spacial score (nSPS) is 12.6. The van der Waals surface area contributed by atoms with E-state index in [1.807, 2.05) is 0 Å². The number of aliphatic hydroxyl groups excluding tert-OH is 1. The third-order valence-corrected chi connectivity index (χ3v) is 3.07. The smallest absolute Gasteiger partial charge is 0.409 e. The first-order chi connectivity index (χ1) is 9.02. The Labute approximate surface area is 114 Å². The summed E-state index contributed by atoms with van der Waals surface area (Å²) in [6.07, 6.45) is -0.181. The van der Waals surface area contributed by atoms with E-state index >= 15 is 0 Å². The van der Waals surface area contributed by atoms with Crippen LogP contribution in [0.4, 0.5) is 10.5 Å². The van der Waals surface area contributed by atoms with Gasteiger partial charge in [-0.1, -0.05) is 17.7 Å². The van der Waals surface area contributed by atoms with Gasteiger partial charge in [0.25, 0.3) is 0 Å². The van der Waals surface area contributed by atoms with Gasteiger partial charge in [0.2, 0.25) is 0 Å². The Kier molecular flexibility index (Phi) is 3.94. The highest BCUT2D eigenvalue weighted by atomic mass is 35.5. The van der Waals surface area contributed by atoms with Crippen LogP contribution in [0.15, 0.2) is 24.4 Å². The van der Waals surface area contributed by atoms with Crippen LogP contribution in [0.1, 0.15) is 0 Å². The van der Waals surface area contributed by atoms with Crippen molar-refractivity contribution in [2.45, 2.75) is 12.6 Å². The van der Waals surface area contributed by atoms with Crippen LogP contribution in [-0.2, 0) is 6.54 Å². The Hall–Kier alpha value is -1.76. The zero-order valence-corrected chi connectivity index (χ0v) is 10.8. The van der Waals surface area contributed by atoms with Gasteiger partial charge < -0.3 is 20.5 Å². The van der Waals surface area contributed by atoms with Gasteiger partial charge in [0.15, 0.2) is 0 Å². The molecule has 1 aromatic heterocycles. The molecule has 2 rings (SSSR count). The number of hydrogen-bond donors (Lipinski definition) is 4. The third-order valence-electron chi connectivity index (χ3n) is 2.78. The first-order valence-electron chi connectivity index (χ1n) is 5.68. The second-order valence-corrected chi connectivity index (χ2v) is 4.56. The van der Waals surface area contributed by atoms with Crippen molar-refractivity contribution in [3.63, 3.8) is 0 Å². The summed E-state index contributed by atoms with van der Waals surface area (Å²) in [5.74, 6) is 0. The van der Waals surface area contributed by atoms with Gasteiger partial charge in [-0.3, -0.25) is 5.32 Å². The number of hydrogen-bond acceptors (Lipinski definition) is 3. The molecule has 0 radical (unpaired) electrons. The zero-order valence-electron chi connectivity index (χ0n) is 10.0. The number of nitrogens with one attached hydrogen (secondary N) is 1. The van der Waals surface area contributed by atoms with Gasteiger partial charge in [0.1, 0.15) is 0 Å². The molecule has 0 spiro atoms. The minimum atomic E-state index is -1.15. The summed E-state index contributed by atoms with van der Waals surface area (Å²) >= 11 is 6.13. The summed E-state index contributed by atoms with van der Waals surface area (Å²) in [5, 5.41) is 21.7. The van der Waals surface area contributed by atoms with Crippen molar-refractivity contribution in [1.82, 2.24) is 4.57 Å². The topological polar surface area (TPSA) is 101 Å². The highest BCUT2D eigenvalue weighted by Gasteiger charge is 2.14. The summed E-state index contributed by atoms with van der Waals surface area (Å²) in [7, 11) is 0. The van der Waals surface area contributed by atoms with Crippen LogP contribution < -0.4 is 11.1 Å². The Balaban J connectivity index is 2.49. The molecule has 0 saturated carbocycles. The van der Waals surface area contributed by atoms with Crippen LogP contribution in [0, 0.1) is 0 Å². The second kappa shape index (κ2) is 5.48. The molecule has 1 aromatic carbocycles. The number of benzene rings is 1. The van der Waals surface area contributed by atoms with Gasteiger partial charge in [-0.05, 0) is 12.1 Å². The molecule has 0 saturated heterocycles. The van der Waals surface area contributed by atoms with Crippen molar-refractivity contribution in [2.24, 2.45) is 5.73 Å². The fraction of sp³-hybridized carbons (Fsp3) is 0.250. The lowest BCUT2D eigenvalue weighted by atomic mass is 10.2. The van der Waals surface area contributed by atoms with Gasteiger partial charge >= 0.3 is 6.09 Å². The fourth-order valence-electron chi connectivity index (χ4n) is 1.97. The number of amides is 1. The first kappa shape index (κ1) is 13.7. The lowest BCUT2D eigenvalue weighted by Gasteiger charge is -2.10. The number of nitrogens with two attached hydrogens (primary N) is 1. The Bertz CT molecular complexity index is 612. The van der Waals surface area contributed by atoms with Crippen LogP contribution in [0.25, 0.3) is 10.9 Å². The number of carbonyl (C=O) groups is 1. The van der Waals surface area contributed by atoms with Crippen LogP contribution in [0.3, 0.4) is 0 Å². The highest BCUT2D eigenvalue weighted by Crippen LogP contribution is 2.32. The number of rotatable bonds is 4. The molecule has 0 aliphatic heterocycles. The van der Waals surface area contributed by atoms with Crippen molar-refractivity contribution in [1.29, 1.82) is 0 Å². The molecule has 1 atom stereocenters. The van der Waals surface area contributed by atoms with Crippen LogP contribution in [0.2, 0.25) is 5.02 Å². The van der Waals surface area contributed by atoms with Crippen molar-refractivity contribution >= 4 is 34.3 Å². The van der Waals surface area contributed by atoms with Gasteiger partial charge in [-0.25, -0.2) is 4.79 Å².